The van der Waals surface area contributed by atoms with E-state index in [1.165, 1.54) is 5.01 Å². The first kappa shape index (κ1) is 21.8. The van der Waals surface area contributed by atoms with Crippen molar-refractivity contribution in [2.24, 2.45) is 5.10 Å². The van der Waals surface area contributed by atoms with Crippen LogP contribution in [-0.2, 0) is 9.59 Å². The highest BCUT2D eigenvalue weighted by atomic mass is 79.9. The van der Waals surface area contributed by atoms with Crippen LogP contribution in [-0.4, -0.2) is 36.8 Å². The molecule has 1 heterocycles. The molecule has 158 valence electrons. The Bertz CT molecular complexity index is 959. The van der Waals surface area contributed by atoms with E-state index in [1.807, 2.05) is 30.3 Å². The minimum absolute atomic E-state index is 0.0634. The minimum Gasteiger partial charge on any atom is -0.550 e. The van der Waals surface area contributed by atoms with Crippen LogP contribution in [0.15, 0.2) is 52.0 Å². The molecule has 3 rings (SSSR count). The summed E-state index contributed by atoms with van der Waals surface area (Å²) in [5.74, 6) is -0.152. The van der Waals surface area contributed by atoms with Crippen LogP contribution in [0.3, 0.4) is 0 Å². The van der Waals surface area contributed by atoms with Crippen LogP contribution in [0.25, 0.3) is 0 Å². The van der Waals surface area contributed by atoms with Crippen molar-refractivity contribution in [1.29, 1.82) is 0 Å². The fourth-order valence-corrected chi connectivity index (χ4v) is 3.66. The molecule has 2 aromatic carbocycles. The molecule has 0 aliphatic carbocycles. The van der Waals surface area contributed by atoms with E-state index in [-0.39, 0.29) is 31.2 Å². The molecule has 0 N–H and O–H groups in total. The molecule has 0 saturated heterocycles. The molecule has 1 atom stereocenters. The van der Waals surface area contributed by atoms with Gasteiger partial charge in [-0.1, -0.05) is 28.1 Å². The maximum absolute atomic E-state index is 12.9. The number of methoxy groups -OCH3 is 2. The van der Waals surface area contributed by atoms with Crippen molar-refractivity contribution in [2.45, 2.75) is 31.7 Å². The molecule has 1 aliphatic heterocycles. The van der Waals surface area contributed by atoms with Gasteiger partial charge in [0, 0.05) is 28.8 Å². The molecule has 1 aliphatic rings. The summed E-state index contributed by atoms with van der Waals surface area (Å²) < 4.78 is 11.8. The molecule has 7 nitrogen and oxygen atoms in total. The summed E-state index contributed by atoms with van der Waals surface area (Å²) in [6.07, 6.45) is 0.587. The number of hydrazone groups is 1. The van der Waals surface area contributed by atoms with E-state index in [4.69, 9.17) is 9.47 Å². The monoisotopic (exact) mass is 473 g/mol. The van der Waals surface area contributed by atoms with Gasteiger partial charge >= 0.3 is 0 Å². The number of carboxylic acid groups (broad SMARTS) is 1. The van der Waals surface area contributed by atoms with Gasteiger partial charge in [-0.15, -0.1) is 0 Å². The lowest BCUT2D eigenvalue weighted by Crippen LogP contribution is -2.28. The molecule has 2 aromatic rings. The predicted molar refractivity (Wildman–Crippen MR) is 113 cm³/mol. The van der Waals surface area contributed by atoms with Crippen LogP contribution in [0.1, 0.15) is 42.9 Å². The summed E-state index contributed by atoms with van der Waals surface area (Å²) >= 11 is 3.42. The maximum Gasteiger partial charge on any atom is 0.243 e. The highest BCUT2D eigenvalue weighted by Gasteiger charge is 2.34. The van der Waals surface area contributed by atoms with E-state index in [0.717, 1.165) is 21.3 Å². The van der Waals surface area contributed by atoms with E-state index in [9.17, 15) is 14.7 Å². The maximum atomic E-state index is 12.9. The number of amides is 1. The fourth-order valence-electron chi connectivity index (χ4n) is 3.40. The van der Waals surface area contributed by atoms with E-state index in [1.54, 1.807) is 26.4 Å². The van der Waals surface area contributed by atoms with Crippen molar-refractivity contribution in [3.8, 4) is 11.5 Å². The average molecular weight is 474 g/mol. The zero-order chi connectivity index (χ0) is 21.7. The second-order valence-electron chi connectivity index (χ2n) is 6.85. The number of hydrogen-bond donors (Lipinski definition) is 0. The number of ether oxygens (including phenoxy) is 2. The SMILES string of the molecule is COc1ccc(OC)c([C@H]2CC(c3ccc(Br)cc3)=NN2C(=O)CCCC(=O)[O-])c1. The van der Waals surface area contributed by atoms with E-state index >= 15 is 0 Å². The first-order chi connectivity index (χ1) is 14.4. The molecule has 0 fully saturated rings. The van der Waals surface area contributed by atoms with Gasteiger partial charge in [-0.3, -0.25) is 4.79 Å². The zero-order valence-corrected chi connectivity index (χ0v) is 18.3. The van der Waals surface area contributed by atoms with Gasteiger partial charge in [0.15, 0.2) is 0 Å². The summed E-state index contributed by atoms with van der Waals surface area (Å²) in [4.78, 5) is 23.6. The first-order valence-electron chi connectivity index (χ1n) is 9.50. The molecular weight excluding hydrogens is 452 g/mol. The Labute approximate surface area is 183 Å². The van der Waals surface area contributed by atoms with Gasteiger partial charge in [0.05, 0.1) is 26.0 Å². The molecule has 0 aromatic heterocycles. The lowest BCUT2D eigenvalue weighted by atomic mass is 9.97. The van der Waals surface area contributed by atoms with Crippen LogP contribution in [0, 0.1) is 0 Å². The number of hydrogen-bond acceptors (Lipinski definition) is 6. The molecule has 8 heteroatoms. The van der Waals surface area contributed by atoms with Crippen LogP contribution in [0.4, 0.5) is 0 Å². The summed E-state index contributed by atoms with van der Waals surface area (Å²) in [6, 6.07) is 12.8. The normalized spacial score (nSPS) is 15.6. The Morgan fingerprint density at radius 3 is 2.50 bits per heavy atom. The number of benzene rings is 2. The van der Waals surface area contributed by atoms with Crippen molar-refractivity contribution < 1.29 is 24.2 Å². The smallest absolute Gasteiger partial charge is 0.243 e. The van der Waals surface area contributed by atoms with Crippen molar-refractivity contribution in [3.63, 3.8) is 0 Å². The molecule has 0 bridgehead atoms. The summed E-state index contributed by atoms with van der Waals surface area (Å²) in [5.41, 5.74) is 2.46. The Kier molecular flexibility index (Phi) is 7.10. The number of aliphatic carboxylic acids is 1. The number of carboxylic acids is 1. The molecule has 0 spiro atoms. The average Bonchev–Trinajstić information content (AvgIpc) is 3.18. The highest BCUT2D eigenvalue weighted by Crippen LogP contribution is 2.39. The third-order valence-electron chi connectivity index (χ3n) is 4.91. The number of carbonyl (C=O) groups is 2. The Balaban J connectivity index is 1.95. The van der Waals surface area contributed by atoms with Gasteiger partial charge in [0.25, 0.3) is 0 Å². The Hall–Kier alpha value is -2.87. The number of carbonyl (C=O) groups excluding carboxylic acids is 2. The van der Waals surface area contributed by atoms with Crippen molar-refractivity contribution in [3.05, 3.63) is 58.1 Å². The third kappa shape index (κ3) is 4.99. The van der Waals surface area contributed by atoms with Gasteiger partial charge in [-0.25, -0.2) is 5.01 Å². The van der Waals surface area contributed by atoms with Crippen LogP contribution in [0.2, 0.25) is 0 Å². The molecule has 0 unspecified atom stereocenters. The highest BCUT2D eigenvalue weighted by molar-refractivity contribution is 9.10. The van der Waals surface area contributed by atoms with Gasteiger partial charge in [0.2, 0.25) is 5.91 Å². The second kappa shape index (κ2) is 9.75. The van der Waals surface area contributed by atoms with E-state index < -0.39 is 5.97 Å². The van der Waals surface area contributed by atoms with Crippen molar-refractivity contribution >= 4 is 33.5 Å². The topological polar surface area (TPSA) is 91.3 Å². The van der Waals surface area contributed by atoms with Crippen LogP contribution >= 0.6 is 15.9 Å². The van der Waals surface area contributed by atoms with E-state index in [2.05, 4.69) is 21.0 Å². The fraction of sp³-hybridized carbons (Fsp3) is 0.318. The molecule has 0 saturated carbocycles. The lowest BCUT2D eigenvalue weighted by Gasteiger charge is -2.24. The van der Waals surface area contributed by atoms with Gasteiger partial charge < -0.3 is 19.4 Å². The van der Waals surface area contributed by atoms with Crippen molar-refractivity contribution in [1.82, 2.24) is 5.01 Å². The Morgan fingerprint density at radius 1 is 1.13 bits per heavy atom. The minimum atomic E-state index is -1.17. The molecule has 0 radical (unpaired) electrons. The van der Waals surface area contributed by atoms with Crippen molar-refractivity contribution in [2.75, 3.05) is 14.2 Å². The molecular formula is C22H22BrN2O5-. The summed E-state index contributed by atoms with van der Waals surface area (Å²) in [7, 11) is 3.15. The van der Waals surface area contributed by atoms with Gasteiger partial charge in [-0.2, -0.15) is 5.10 Å². The Morgan fingerprint density at radius 2 is 1.87 bits per heavy atom. The van der Waals surface area contributed by atoms with Crippen LogP contribution < -0.4 is 14.6 Å². The predicted octanol–water partition coefficient (Wildman–Crippen LogP) is 3.06. The lowest BCUT2D eigenvalue weighted by molar-refractivity contribution is -0.305. The number of halogens is 1. The van der Waals surface area contributed by atoms with Crippen LogP contribution in [0.5, 0.6) is 11.5 Å². The number of rotatable bonds is 8. The van der Waals surface area contributed by atoms with Gasteiger partial charge in [-0.05, 0) is 48.7 Å². The van der Waals surface area contributed by atoms with E-state index in [0.29, 0.717) is 17.9 Å². The molecule has 1 amide bonds. The second-order valence-corrected chi connectivity index (χ2v) is 7.76. The summed E-state index contributed by atoms with van der Waals surface area (Å²) in [5, 5.41) is 16.7. The quantitative estimate of drug-likeness (QED) is 0.587. The van der Waals surface area contributed by atoms with Gasteiger partial charge in [0.1, 0.15) is 11.5 Å². The molecule has 30 heavy (non-hydrogen) atoms. The first-order valence-corrected chi connectivity index (χ1v) is 10.3. The number of nitrogens with zero attached hydrogens (tertiary/aromatic N) is 2. The summed E-state index contributed by atoms with van der Waals surface area (Å²) in [6.45, 7) is 0. The standard InChI is InChI=1S/C22H23BrN2O5/c1-29-16-10-11-20(30-2)17(12-16)19-13-18(14-6-8-15(23)9-7-14)24-25(19)21(26)4-3-5-22(27)28/h6-12,19H,3-5,13H2,1-2H3,(H,27,28)/p-1/t19-/m1/s1. The largest absolute Gasteiger partial charge is 0.550 e. The zero-order valence-electron chi connectivity index (χ0n) is 16.8. The third-order valence-corrected chi connectivity index (χ3v) is 5.44.